The van der Waals surface area contributed by atoms with E-state index in [1.165, 1.54) is 0 Å². The maximum absolute atomic E-state index is 12.8. The van der Waals surface area contributed by atoms with Gasteiger partial charge in [0.05, 0.1) is 13.2 Å². The van der Waals surface area contributed by atoms with Gasteiger partial charge in [0.2, 0.25) is 0 Å². The van der Waals surface area contributed by atoms with Crippen molar-refractivity contribution in [2.45, 2.75) is 39.0 Å². The number of aliphatic hydroxyl groups is 1. The standard InChI is InChI=1S/C18H25NO3/c1-2-18(13-20)8-4-9-19(12-18)17(21)15-6-7-16-14(11-15)5-3-10-22-16/h6-7,11,20H,2-5,8-10,12-13H2,1H3/t18-/m0/s1. The molecule has 1 N–H and O–H groups in total. The van der Waals surface area contributed by atoms with Crippen molar-refractivity contribution in [2.75, 3.05) is 26.3 Å². The highest BCUT2D eigenvalue weighted by molar-refractivity contribution is 5.94. The minimum absolute atomic E-state index is 0.0827. The zero-order valence-electron chi connectivity index (χ0n) is 13.3. The smallest absolute Gasteiger partial charge is 0.253 e. The number of amides is 1. The SMILES string of the molecule is CC[C@]1(CO)CCCN(C(=O)c2ccc3c(c2)CCCO3)C1. The molecule has 1 aromatic carbocycles. The Bertz CT molecular complexity index is 551. The predicted molar refractivity (Wildman–Crippen MR) is 85.2 cm³/mol. The number of ether oxygens (including phenoxy) is 1. The van der Waals surface area contributed by atoms with Gasteiger partial charge in [-0.15, -0.1) is 0 Å². The third-order valence-corrected chi connectivity index (χ3v) is 5.19. The maximum atomic E-state index is 12.8. The summed E-state index contributed by atoms with van der Waals surface area (Å²) in [5.41, 5.74) is 1.76. The number of fused-ring (bicyclic) bond motifs is 1. The first-order chi connectivity index (χ1) is 10.7. The molecule has 1 amide bonds. The number of benzene rings is 1. The van der Waals surface area contributed by atoms with Crippen molar-refractivity contribution in [3.8, 4) is 5.75 Å². The minimum Gasteiger partial charge on any atom is -0.493 e. The summed E-state index contributed by atoms with van der Waals surface area (Å²) in [6.07, 6.45) is 4.87. The molecule has 0 unspecified atom stereocenters. The van der Waals surface area contributed by atoms with Crippen LogP contribution in [0, 0.1) is 5.41 Å². The average molecular weight is 303 g/mol. The molecule has 2 heterocycles. The number of hydrogen-bond donors (Lipinski definition) is 1. The largest absolute Gasteiger partial charge is 0.493 e. The highest BCUT2D eigenvalue weighted by Gasteiger charge is 2.35. The predicted octanol–water partition coefficient (Wildman–Crippen LogP) is 2.64. The molecule has 22 heavy (non-hydrogen) atoms. The number of aryl methyl sites for hydroxylation is 1. The van der Waals surface area contributed by atoms with Gasteiger partial charge in [-0.05, 0) is 55.9 Å². The molecule has 4 heteroatoms. The zero-order chi connectivity index (χ0) is 15.6. The van der Waals surface area contributed by atoms with E-state index in [9.17, 15) is 9.90 Å². The van der Waals surface area contributed by atoms with E-state index in [0.29, 0.717) is 6.54 Å². The van der Waals surface area contributed by atoms with E-state index in [-0.39, 0.29) is 17.9 Å². The Hall–Kier alpha value is -1.55. The number of nitrogens with zero attached hydrogens (tertiary/aromatic N) is 1. The van der Waals surface area contributed by atoms with E-state index < -0.39 is 0 Å². The molecule has 2 aliphatic rings. The highest BCUT2D eigenvalue weighted by Crippen LogP contribution is 2.34. The maximum Gasteiger partial charge on any atom is 0.253 e. The monoisotopic (exact) mass is 303 g/mol. The molecule has 4 nitrogen and oxygen atoms in total. The molecule has 0 saturated carbocycles. The second kappa shape index (κ2) is 6.29. The Labute approximate surface area is 132 Å². The van der Waals surface area contributed by atoms with Crippen LogP contribution in [0.1, 0.15) is 48.5 Å². The van der Waals surface area contributed by atoms with E-state index >= 15 is 0 Å². The first kappa shape index (κ1) is 15.3. The van der Waals surface area contributed by atoms with E-state index in [0.717, 1.165) is 62.1 Å². The lowest BCUT2D eigenvalue weighted by molar-refractivity contribution is 0.0251. The lowest BCUT2D eigenvalue weighted by Crippen LogP contribution is -2.47. The first-order valence-corrected chi connectivity index (χ1v) is 8.33. The van der Waals surface area contributed by atoms with Crippen LogP contribution in [0.25, 0.3) is 0 Å². The van der Waals surface area contributed by atoms with Crippen LogP contribution < -0.4 is 4.74 Å². The fraction of sp³-hybridized carbons (Fsp3) is 0.611. The van der Waals surface area contributed by atoms with Gasteiger partial charge in [0.1, 0.15) is 5.75 Å². The number of hydrogen-bond acceptors (Lipinski definition) is 3. The summed E-state index contributed by atoms with van der Waals surface area (Å²) >= 11 is 0. The van der Waals surface area contributed by atoms with Crippen LogP contribution >= 0.6 is 0 Å². The molecule has 2 aliphatic heterocycles. The lowest BCUT2D eigenvalue weighted by Gasteiger charge is -2.41. The summed E-state index contributed by atoms with van der Waals surface area (Å²) in [5.74, 6) is 0.999. The van der Waals surface area contributed by atoms with Crippen LogP contribution in [-0.2, 0) is 6.42 Å². The van der Waals surface area contributed by atoms with E-state index in [1.54, 1.807) is 0 Å². The lowest BCUT2D eigenvalue weighted by atomic mass is 9.78. The average Bonchev–Trinajstić information content (AvgIpc) is 2.60. The molecule has 0 aliphatic carbocycles. The van der Waals surface area contributed by atoms with Gasteiger partial charge in [-0.1, -0.05) is 6.92 Å². The number of carbonyl (C=O) groups excluding carboxylic acids is 1. The van der Waals surface area contributed by atoms with Crippen LogP contribution in [0.5, 0.6) is 5.75 Å². The van der Waals surface area contributed by atoms with Crippen LogP contribution in [0.3, 0.4) is 0 Å². The van der Waals surface area contributed by atoms with E-state index in [4.69, 9.17) is 4.74 Å². The molecule has 0 radical (unpaired) electrons. The molecule has 1 atom stereocenters. The van der Waals surface area contributed by atoms with Crippen molar-refractivity contribution in [3.05, 3.63) is 29.3 Å². The number of rotatable bonds is 3. The summed E-state index contributed by atoms with van der Waals surface area (Å²) in [6, 6.07) is 5.77. The van der Waals surface area contributed by atoms with Crippen LogP contribution in [0.4, 0.5) is 0 Å². The fourth-order valence-electron chi connectivity index (χ4n) is 3.59. The van der Waals surface area contributed by atoms with Gasteiger partial charge in [0.15, 0.2) is 0 Å². The summed E-state index contributed by atoms with van der Waals surface area (Å²) in [7, 11) is 0. The minimum atomic E-state index is -0.120. The van der Waals surface area contributed by atoms with Crippen molar-refractivity contribution in [1.82, 2.24) is 4.90 Å². The van der Waals surface area contributed by atoms with E-state index in [1.807, 2.05) is 23.1 Å². The van der Waals surface area contributed by atoms with Crippen molar-refractivity contribution >= 4 is 5.91 Å². The van der Waals surface area contributed by atoms with Gasteiger partial charge in [0, 0.05) is 24.1 Å². The normalized spacial score (nSPS) is 24.5. The van der Waals surface area contributed by atoms with Crippen LogP contribution in [-0.4, -0.2) is 42.2 Å². The second-order valence-electron chi connectivity index (χ2n) is 6.62. The third-order valence-electron chi connectivity index (χ3n) is 5.19. The van der Waals surface area contributed by atoms with E-state index in [2.05, 4.69) is 6.92 Å². The van der Waals surface area contributed by atoms with Gasteiger partial charge in [-0.3, -0.25) is 4.79 Å². The number of carbonyl (C=O) groups is 1. The number of aliphatic hydroxyl groups excluding tert-OH is 1. The molecule has 0 spiro atoms. The zero-order valence-corrected chi connectivity index (χ0v) is 13.3. The number of piperidine rings is 1. The van der Waals surface area contributed by atoms with Gasteiger partial charge in [0.25, 0.3) is 5.91 Å². The molecule has 1 saturated heterocycles. The summed E-state index contributed by atoms with van der Waals surface area (Å²) in [4.78, 5) is 14.7. The number of likely N-dealkylation sites (tertiary alicyclic amines) is 1. The first-order valence-electron chi connectivity index (χ1n) is 8.33. The molecular weight excluding hydrogens is 278 g/mol. The topological polar surface area (TPSA) is 49.8 Å². The Morgan fingerprint density at radius 2 is 2.27 bits per heavy atom. The Kier molecular flexibility index (Phi) is 4.39. The Morgan fingerprint density at radius 3 is 3.05 bits per heavy atom. The molecule has 1 aromatic rings. The third kappa shape index (κ3) is 2.84. The fourth-order valence-corrected chi connectivity index (χ4v) is 3.59. The Morgan fingerprint density at radius 1 is 1.41 bits per heavy atom. The molecule has 3 rings (SSSR count). The summed E-state index contributed by atoms with van der Waals surface area (Å²) in [5, 5.41) is 9.72. The molecule has 0 aromatic heterocycles. The van der Waals surface area contributed by atoms with Crippen LogP contribution in [0.15, 0.2) is 18.2 Å². The summed E-state index contributed by atoms with van der Waals surface area (Å²) in [6.45, 7) is 4.47. The Balaban J connectivity index is 1.78. The van der Waals surface area contributed by atoms with Crippen LogP contribution in [0.2, 0.25) is 0 Å². The highest BCUT2D eigenvalue weighted by atomic mass is 16.5. The van der Waals surface area contributed by atoms with Crippen molar-refractivity contribution in [2.24, 2.45) is 5.41 Å². The molecule has 1 fully saturated rings. The van der Waals surface area contributed by atoms with Gasteiger partial charge in [-0.25, -0.2) is 0 Å². The van der Waals surface area contributed by atoms with Crippen molar-refractivity contribution in [1.29, 1.82) is 0 Å². The van der Waals surface area contributed by atoms with Crippen molar-refractivity contribution in [3.63, 3.8) is 0 Å². The molecule has 120 valence electrons. The summed E-state index contributed by atoms with van der Waals surface area (Å²) < 4.78 is 5.61. The molecule has 0 bridgehead atoms. The van der Waals surface area contributed by atoms with Gasteiger partial charge >= 0.3 is 0 Å². The molecular formula is C18H25NO3. The van der Waals surface area contributed by atoms with Gasteiger partial charge < -0.3 is 14.7 Å². The second-order valence-corrected chi connectivity index (χ2v) is 6.62. The van der Waals surface area contributed by atoms with Crippen molar-refractivity contribution < 1.29 is 14.6 Å². The van der Waals surface area contributed by atoms with Gasteiger partial charge in [-0.2, -0.15) is 0 Å². The quantitative estimate of drug-likeness (QED) is 0.934.